The molecule has 1 heterocycles. The van der Waals surface area contributed by atoms with Crippen LogP contribution in [-0.2, 0) is 0 Å². The summed E-state index contributed by atoms with van der Waals surface area (Å²) in [6.07, 6.45) is 4.75. The Balaban J connectivity index is 0.00000256. The van der Waals surface area contributed by atoms with Crippen LogP contribution in [-0.4, -0.2) is 42.5 Å². The van der Waals surface area contributed by atoms with Crippen molar-refractivity contribution in [3.8, 4) is 0 Å². The second-order valence-electron chi connectivity index (χ2n) is 7.94. The van der Waals surface area contributed by atoms with Crippen molar-refractivity contribution >= 4 is 35.7 Å². The Kier molecular flexibility index (Phi) is 7.71. The van der Waals surface area contributed by atoms with Gasteiger partial charge in [-0.25, -0.2) is 4.79 Å². The van der Waals surface area contributed by atoms with Gasteiger partial charge in [0.1, 0.15) is 0 Å². The zero-order valence-corrected chi connectivity index (χ0v) is 17.8. The van der Waals surface area contributed by atoms with Crippen LogP contribution in [0.15, 0.2) is 54.6 Å². The lowest BCUT2D eigenvalue weighted by molar-refractivity contribution is 0.0705. The summed E-state index contributed by atoms with van der Waals surface area (Å²) in [5.74, 6) is 0.947. The molecule has 2 fully saturated rings. The van der Waals surface area contributed by atoms with E-state index < -0.39 is 0 Å². The Hall–Kier alpha value is -2.57. The molecule has 0 bridgehead atoms. The molecule has 2 aliphatic rings. The molecule has 0 spiro atoms. The summed E-state index contributed by atoms with van der Waals surface area (Å²) < 4.78 is 0. The smallest absolute Gasteiger partial charge is 0.323 e. The first-order valence-corrected chi connectivity index (χ1v) is 10.4. The Morgan fingerprint density at radius 2 is 1.43 bits per heavy atom. The second-order valence-corrected chi connectivity index (χ2v) is 7.94. The van der Waals surface area contributed by atoms with Gasteiger partial charge in [0.25, 0.3) is 5.91 Å². The number of benzene rings is 2. The van der Waals surface area contributed by atoms with Crippen molar-refractivity contribution in [1.82, 2.24) is 10.2 Å². The molecule has 3 amide bonds. The van der Waals surface area contributed by atoms with Crippen LogP contribution in [0.2, 0.25) is 0 Å². The van der Waals surface area contributed by atoms with Crippen LogP contribution in [0.1, 0.15) is 36.0 Å². The maximum absolute atomic E-state index is 12.8. The number of nitrogens with zero attached hydrogens (tertiary/aromatic N) is 1. The molecule has 0 atom stereocenters. The Bertz CT molecular complexity index is 832. The van der Waals surface area contributed by atoms with Crippen molar-refractivity contribution < 1.29 is 9.59 Å². The monoisotopic (exact) mass is 428 g/mol. The highest BCUT2D eigenvalue weighted by Gasteiger charge is 2.26. The first kappa shape index (κ1) is 22.1. The number of carbonyl (C=O) groups excluding carboxylic acids is 2. The molecule has 160 valence electrons. The topological polar surface area (TPSA) is 73.5 Å². The van der Waals surface area contributed by atoms with Crippen LogP contribution < -0.4 is 16.0 Å². The SMILES string of the molecule is Cl.O=C(Nc1ccccc1)Nc1ccc(C(=O)N2CCC(NCC3CC3)CC2)cc1. The predicted molar refractivity (Wildman–Crippen MR) is 122 cm³/mol. The van der Waals surface area contributed by atoms with Gasteiger partial charge in [0.05, 0.1) is 0 Å². The van der Waals surface area contributed by atoms with Gasteiger partial charge in [0.15, 0.2) is 0 Å². The van der Waals surface area contributed by atoms with Crippen LogP contribution in [0, 0.1) is 5.92 Å². The van der Waals surface area contributed by atoms with Gasteiger partial charge in [-0.2, -0.15) is 0 Å². The number of carbonyl (C=O) groups is 2. The van der Waals surface area contributed by atoms with Crippen molar-refractivity contribution in [2.45, 2.75) is 31.7 Å². The van der Waals surface area contributed by atoms with Crippen molar-refractivity contribution in [3.05, 3.63) is 60.2 Å². The van der Waals surface area contributed by atoms with Crippen LogP contribution >= 0.6 is 12.4 Å². The summed E-state index contributed by atoms with van der Waals surface area (Å²) in [5, 5.41) is 9.20. The lowest BCUT2D eigenvalue weighted by Crippen LogP contribution is -2.45. The quantitative estimate of drug-likeness (QED) is 0.640. The summed E-state index contributed by atoms with van der Waals surface area (Å²) in [7, 11) is 0. The van der Waals surface area contributed by atoms with E-state index in [-0.39, 0.29) is 24.3 Å². The molecule has 0 aromatic heterocycles. The molecule has 4 rings (SSSR count). The fraction of sp³-hybridized carbons (Fsp3) is 0.391. The van der Waals surface area contributed by atoms with Crippen molar-refractivity contribution in [1.29, 1.82) is 0 Å². The fourth-order valence-corrected chi connectivity index (χ4v) is 3.64. The zero-order valence-electron chi connectivity index (χ0n) is 17.0. The lowest BCUT2D eigenvalue weighted by atomic mass is 10.0. The predicted octanol–water partition coefficient (Wildman–Crippen LogP) is 4.36. The van der Waals surface area contributed by atoms with E-state index in [0.717, 1.165) is 44.1 Å². The van der Waals surface area contributed by atoms with E-state index >= 15 is 0 Å². The summed E-state index contributed by atoms with van der Waals surface area (Å²) >= 11 is 0. The third-order valence-corrected chi connectivity index (χ3v) is 5.60. The van der Waals surface area contributed by atoms with Crippen molar-refractivity contribution in [2.24, 2.45) is 5.92 Å². The largest absolute Gasteiger partial charge is 0.339 e. The fourth-order valence-electron chi connectivity index (χ4n) is 3.64. The summed E-state index contributed by atoms with van der Waals surface area (Å²) in [6, 6.07) is 16.6. The van der Waals surface area contributed by atoms with Gasteiger partial charge in [-0.1, -0.05) is 18.2 Å². The molecule has 6 nitrogen and oxygen atoms in total. The minimum atomic E-state index is -0.309. The molecule has 3 N–H and O–H groups in total. The molecule has 1 aliphatic carbocycles. The number of hydrogen-bond donors (Lipinski definition) is 3. The molecule has 1 saturated heterocycles. The van der Waals surface area contributed by atoms with Crippen LogP contribution in [0.25, 0.3) is 0 Å². The molecular formula is C23H29ClN4O2. The van der Waals surface area contributed by atoms with Crippen LogP contribution in [0.3, 0.4) is 0 Å². The number of halogens is 1. The summed E-state index contributed by atoms with van der Waals surface area (Å²) in [6.45, 7) is 2.71. The van der Waals surface area contributed by atoms with E-state index in [1.807, 2.05) is 35.2 Å². The van der Waals surface area contributed by atoms with Crippen molar-refractivity contribution in [3.63, 3.8) is 0 Å². The highest BCUT2D eigenvalue weighted by molar-refractivity contribution is 6.00. The standard InChI is InChI=1S/C23H28N4O2.ClH/c28-22(27-14-12-19(13-15-27)24-16-17-6-7-17)18-8-10-21(11-9-18)26-23(29)25-20-4-2-1-3-5-20;/h1-5,8-11,17,19,24H,6-7,12-16H2,(H2,25,26,29);1H. The lowest BCUT2D eigenvalue weighted by Gasteiger charge is -2.32. The Morgan fingerprint density at radius 3 is 2.03 bits per heavy atom. The van der Waals surface area contributed by atoms with Crippen LogP contribution in [0.4, 0.5) is 16.2 Å². The molecule has 7 heteroatoms. The van der Waals surface area contributed by atoms with Crippen LogP contribution in [0.5, 0.6) is 0 Å². The van der Waals surface area contributed by atoms with E-state index in [1.165, 1.54) is 12.8 Å². The molecule has 1 saturated carbocycles. The van der Waals surface area contributed by atoms with E-state index in [9.17, 15) is 9.59 Å². The molecule has 30 heavy (non-hydrogen) atoms. The number of para-hydroxylation sites is 1. The number of likely N-dealkylation sites (tertiary alicyclic amines) is 1. The first-order valence-electron chi connectivity index (χ1n) is 10.4. The highest BCUT2D eigenvalue weighted by atomic mass is 35.5. The molecule has 0 unspecified atom stereocenters. The highest BCUT2D eigenvalue weighted by Crippen LogP contribution is 2.28. The number of hydrogen-bond acceptors (Lipinski definition) is 3. The van der Waals surface area contributed by atoms with E-state index in [0.29, 0.717) is 17.3 Å². The van der Waals surface area contributed by atoms with Gasteiger partial charge in [-0.3, -0.25) is 4.79 Å². The molecule has 1 aliphatic heterocycles. The maximum Gasteiger partial charge on any atom is 0.323 e. The van der Waals surface area contributed by atoms with Crippen molar-refractivity contribution in [2.75, 3.05) is 30.3 Å². The number of amides is 3. The minimum Gasteiger partial charge on any atom is -0.339 e. The number of piperidine rings is 1. The van der Waals surface area contributed by atoms with Gasteiger partial charge in [-0.15, -0.1) is 12.4 Å². The third-order valence-electron chi connectivity index (χ3n) is 5.60. The normalized spacial score (nSPS) is 16.5. The minimum absolute atomic E-state index is 0. The average molecular weight is 429 g/mol. The maximum atomic E-state index is 12.8. The number of urea groups is 1. The Morgan fingerprint density at radius 1 is 0.833 bits per heavy atom. The zero-order chi connectivity index (χ0) is 20.1. The van der Waals surface area contributed by atoms with Gasteiger partial charge < -0.3 is 20.9 Å². The number of nitrogens with one attached hydrogen (secondary N) is 3. The van der Waals surface area contributed by atoms with Gasteiger partial charge >= 0.3 is 6.03 Å². The van der Waals surface area contributed by atoms with Gasteiger partial charge in [-0.05, 0) is 74.5 Å². The summed E-state index contributed by atoms with van der Waals surface area (Å²) in [5.41, 5.74) is 2.04. The number of anilines is 2. The third kappa shape index (κ3) is 6.21. The number of rotatable bonds is 6. The van der Waals surface area contributed by atoms with E-state index in [1.54, 1.807) is 24.3 Å². The molecular weight excluding hydrogens is 400 g/mol. The van der Waals surface area contributed by atoms with E-state index in [2.05, 4.69) is 16.0 Å². The molecule has 0 radical (unpaired) electrons. The van der Waals surface area contributed by atoms with E-state index in [4.69, 9.17) is 0 Å². The summed E-state index contributed by atoms with van der Waals surface area (Å²) in [4.78, 5) is 26.8. The Labute approximate surface area is 183 Å². The first-order chi connectivity index (χ1) is 14.2. The average Bonchev–Trinajstić information content (AvgIpc) is 3.58. The van der Waals surface area contributed by atoms with Gasteiger partial charge in [0, 0.05) is 36.1 Å². The molecule has 2 aromatic rings. The second kappa shape index (κ2) is 10.5. The molecule has 2 aromatic carbocycles. The van der Waals surface area contributed by atoms with Gasteiger partial charge in [0.2, 0.25) is 0 Å².